The summed E-state index contributed by atoms with van der Waals surface area (Å²) in [6.07, 6.45) is -0.960. The van der Waals surface area contributed by atoms with E-state index in [4.69, 9.17) is 15.6 Å². The quantitative estimate of drug-likeness (QED) is 0.414. The highest BCUT2D eigenvalue weighted by molar-refractivity contribution is 6.26. The summed E-state index contributed by atoms with van der Waals surface area (Å²) in [6, 6.07) is -1.23. The summed E-state index contributed by atoms with van der Waals surface area (Å²) in [7, 11) is 0. The van der Waals surface area contributed by atoms with Crippen LogP contribution >= 0.6 is 0 Å². The number of aliphatic carboxylic acids is 1. The maximum absolute atomic E-state index is 11.0. The normalized spacial score (nSPS) is 13.6. The summed E-state index contributed by atoms with van der Waals surface area (Å²) in [5, 5.41) is 26.3. The predicted octanol–water partition coefficient (Wildman–Crippen LogP) is -1.06. The van der Waals surface area contributed by atoms with Crippen LogP contribution in [0.1, 0.15) is 19.8 Å². The van der Waals surface area contributed by atoms with Gasteiger partial charge in [-0.25, -0.2) is 4.79 Å². The molecule has 0 aliphatic heterocycles. The van der Waals surface area contributed by atoms with Crippen molar-refractivity contribution in [3.8, 4) is 0 Å². The molecule has 0 aromatic carbocycles. The van der Waals surface area contributed by atoms with Gasteiger partial charge in [0.15, 0.2) is 5.78 Å². The summed E-state index contributed by atoms with van der Waals surface area (Å²) >= 11 is 0. The number of nitrogens with one attached hydrogen (secondary N) is 2. The zero-order valence-electron chi connectivity index (χ0n) is 8.77. The molecule has 2 atom stereocenters. The Kier molecular flexibility index (Phi) is 5.94. The van der Waals surface area contributed by atoms with Crippen molar-refractivity contribution in [2.24, 2.45) is 0 Å². The summed E-state index contributed by atoms with van der Waals surface area (Å²) < 4.78 is 0. The molecule has 0 unspecified atom stereocenters. The topological polar surface area (TPSA) is 128 Å². The number of aliphatic hydroxyl groups is 1. The van der Waals surface area contributed by atoms with Crippen molar-refractivity contribution < 1.29 is 24.6 Å². The van der Waals surface area contributed by atoms with E-state index in [1.165, 1.54) is 6.92 Å². The van der Waals surface area contributed by atoms with Gasteiger partial charge in [0.2, 0.25) is 5.91 Å². The largest absolute Gasteiger partial charge is 0.480 e. The van der Waals surface area contributed by atoms with Crippen LogP contribution in [0.5, 0.6) is 0 Å². The number of ketones is 1. The number of carbonyl (C=O) groups excluding carboxylic acids is 2. The van der Waals surface area contributed by atoms with Crippen LogP contribution in [0.25, 0.3) is 0 Å². The lowest BCUT2D eigenvalue weighted by atomic mass is 10.1. The minimum Gasteiger partial charge on any atom is -0.480 e. The van der Waals surface area contributed by atoms with Gasteiger partial charge in [0.05, 0.1) is 6.21 Å². The number of carbonyl (C=O) groups is 3. The van der Waals surface area contributed by atoms with E-state index in [0.717, 1.165) is 0 Å². The molecule has 7 heteroatoms. The molecule has 0 aromatic heterocycles. The molecule has 0 saturated heterocycles. The molecular formula is C9H14N2O5. The highest BCUT2D eigenvalue weighted by Gasteiger charge is 2.22. The van der Waals surface area contributed by atoms with E-state index in [1.807, 2.05) is 0 Å². The molecule has 0 spiro atoms. The lowest BCUT2D eigenvalue weighted by Gasteiger charge is -2.14. The number of amides is 1. The number of carboxylic acid groups (broad SMARTS) is 1. The molecule has 0 fully saturated rings. The highest BCUT2D eigenvalue weighted by Crippen LogP contribution is 1.99. The first-order chi connectivity index (χ1) is 7.38. The molecule has 0 heterocycles. The van der Waals surface area contributed by atoms with E-state index in [1.54, 1.807) is 0 Å². The Balaban J connectivity index is 4.29. The fourth-order valence-electron chi connectivity index (χ4n) is 0.908. The number of Topliss-reactive ketones (excluding diaryl/α,β-unsaturated/α-hetero) is 1. The summed E-state index contributed by atoms with van der Waals surface area (Å²) in [5.74, 6) is -2.61. The summed E-state index contributed by atoms with van der Waals surface area (Å²) in [6.45, 7) is 1.21. The number of hydrogen-bond acceptors (Lipinski definition) is 5. The van der Waals surface area contributed by atoms with Crippen LogP contribution in [0.3, 0.4) is 0 Å². The van der Waals surface area contributed by atoms with E-state index in [9.17, 15) is 14.4 Å². The van der Waals surface area contributed by atoms with Gasteiger partial charge >= 0.3 is 5.97 Å². The van der Waals surface area contributed by atoms with Crippen molar-refractivity contribution in [2.45, 2.75) is 31.9 Å². The van der Waals surface area contributed by atoms with Crippen molar-refractivity contribution in [2.75, 3.05) is 0 Å². The van der Waals surface area contributed by atoms with Gasteiger partial charge in [-0.05, 0) is 13.3 Å². The lowest BCUT2D eigenvalue weighted by Crippen LogP contribution is -2.44. The first kappa shape index (κ1) is 14.2. The zero-order chi connectivity index (χ0) is 12.7. The lowest BCUT2D eigenvalue weighted by molar-refractivity contribution is -0.143. The molecule has 0 aromatic rings. The number of carboxylic acids is 1. The number of hydrogen-bond donors (Lipinski definition) is 4. The molecule has 1 amide bonds. The van der Waals surface area contributed by atoms with Crippen LogP contribution in [-0.4, -0.2) is 46.2 Å². The van der Waals surface area contributed by atoms with Crippen molar-refractivity contribution in [1.29, 1.82) is 5.41 Å². The van der Waals surface area contributed by atoms with Crippen LogP contribution in [0.15, 0.2) is 0 Å². The second-order valence-electron chi connectivity index (χ2n) is 3.22. The first-order valence-corrected chi connectivity index (χ1v) is 4.63. The Labute approximate surface area is 92.0 Å². The van der Waals surface area contributed by atoms with Crippen molar-refractivity contribution in [3.63, 3.8) is 0 Å². The number of rotatable bonds is 7. The van der Waals surface area contributed by atoms with Crippen LogP contribution < -0.4 is 5.32 Å². The molecule has 0 rings (SSSR count). The average molecular weight is 230 g/mol. The van der Waals surface area contributed by atoms with E-state index in [2.05, 4.69) is 5.32 Å². The Bertz CT molecular complexity index is 300. The smallest absolute Gasteiger partial charge is 0.326 e. The molecule has 0 radical (unpaired) electrons. The maximum atomic E-state index is 11.0. The molecule has 4 N–H and O–H groups in total. The van der Waals surface area contributed by atoms with Crippen molar-refractivity contribution >= 4 is 23.9 Å². The molecule has 0 bridgehead atoms. The van der Waals surface area contributed by atoms with Gasteiger partial charge in [0, 0.05) is 6.42 Å². The Hall–Kier alpha value is -1.76. The second-order valence-corrected chi connectivity index (χ2v) is 3.22. The minimum atomic E-state index is -1.31. The fraction of sp³-hybridized carbons (Fsp3) is 0.556. The average Bonchev–Trinajstić information content (AvgIpc) is 2.22. The van der Waals surface area contributed by atoms with Crippen LogP contribution in [0, 0.1) is 5.41 Å². The standard InChI is InChI=1S/C9H14N2O5/c1-5(12)8(14)11-7(9(15)16)3-2-6(13)4-10/h4-5,7,10,12H,2-3H2,1H3,(H,11,14)(H,15,16)/t5-,7-/m0/s1. The Morgan fingerprint density at radius 2 is 2.00 bits per heavy atom. The second kappa shape index (κ2) is 6.67. The third-order valence-corrected chi connectivity index (χ3v) is 1.83. The molecule has 90 valence electrons. The third kappa shape index (κ3) is 5.20. The van der Waals surface area contributed by atoms with Crippen molar-refractivity contribution in [1.82, 2.24) is 5.32 Å². The van der Waals surface area contributed by atoms with E-state index in [-0.39, 0.29) is 12.8 Å². The molecule has 0 saturated carbocycles. The maximum Gasteiger partial charge on any atom is 0.326 e. The summed E-state index contributed by atoms with van der Waals surface area (Å²) in [4.78, 5) is 32.5. The molecule has 0 aliphatic rings. The monoisotopic (exact) mass is 230 g/mol. The van der Waals surface area contributed by atoms with Crippen molar-refractivity contribution in [3.05, 3.63) is 0 Å². The minimum absolute atomic E-state index is 0.109. The first-order valence-electron chi connectivity index (χ1n) is 4.63. The highest BCUT2D eigenvalue weighted by atomic mass is 16.4. The molecule has 0 aliphatic carbocycles. The van der Waals surface area contributed by atoms with Gasteiger partial charge in [-0.2, -0.15) is 0 Å². The van der Waals surface area contributed by atoms with Crippen LogP contribution in [0.4, 0.5) is 0 Å². The van der Waals surface area contributed by atoms with Gasteiger partial charge in [0.25, 0.3) is 0 Å². The number of aliphatic hydroxyl groups excluding tert-OH is 1. The van der Waals surface area contributed by atoms with Gasteiger partial charge in [-0.1, -0.05) is 0 Å². The van der Waals surface area contributed by atoms with E-state index in [0.29, 0.717) is 6.21 Å². The molecule has 7 nitrogen and oxygen atoms in total. The predicted molar refractivity (Wildman–Crippen MR) is 54.3 cm³/mol. The van der Waals surface area contributed by atoms with Gasteiger partial charge in [0.1, 0.15) is 12.1 Å². The zero-order valence-corrected chi connectivity index (χ0v) is 8.77. The SMILES string of the molecule is C[C@H](O)C(=O)N[C@@H](CCC(=O)C=N)C(=O)O. The Morgan fingerprint density at radius 3 is 2.38 bits per heavy atom. The fourth-order valence-corrected chi connectivity index (χ4v) is 0.908. The van der Waals surface area contributed by atoms with Gasteiger partial charge in [-0.15, -0.1) is 0 Å². The third-order valence-electron chi connectivity index (χ3n) is 1.83. The molecule has 16 heavy (non-hydrogen) atoms. The van der Waals surface area contributed by atoms with Gasteiger partial charge < -0.3 is 20.9 Å². The van der Waals surface area contributed by atoms with Crippen LogP contribution in [0.2, 0.25) is 0 Å². The Morgan fingerprint density at radius 1 is 1.44 bits per heavy atom. The van der Waals surface area contributed by atoms with E-state index < -0.39 is 29.8 Å². The van der Waals surface area contributed by atoms with Crippen LogP contribution in [-0.2, 0) is 14.4 Å². The summed E-state index contributed by atoms with van der Waals surface area (Å²) in [5.41, 5.74) is 0. The van der Waals surface area contributed by atoms with Gasteiger partial charge in [-0.3, -0.25) is 9.59 Å². The molecular weight excluding hydrogens is 216 g/mol. The van der Waals surface area contributed by atoms with E-state index >= 15 is 0 Å².